The van der Waals surface area contributed by atoms with E-state index in [1.165, 1.54) is 28.2 Å². The number of nitrogens with one attached hydrogen (secondary N) is 1. The van der Waals surface area contributed by atoms with Gasteiger partial charge >= 0.3 is 5.97 Å². The summed E-state index contributed by atoms with van der Waals surface area (Å²) in [5.74, 6) is -0.852. The van der Waals surface area contributed by atoms with Gasteiger partial charge in [0.2, 0.25) is 0 Å². The van der Waals surface area contributed by atoms with Crippen LogP contribution in [0.1, 0.15) is 38.5 Å². The van der Waals surface area contributed by atoms with Crippen LogP contribution in [0.3, 0.4) is 0 Å². The molecule has 1 amide bonds. The lowest BCUT2D eigenvalue weighted by atomic mass is 9.99. The summed E-state index contributed by atoms with van der Waals surface area (Å²) in [6.07, 6.45) is 4.38. The molecule has 2 aromatic rings. The number of anilines is 1. The Morgan fingerprint density at radius 3 is 2.79 bits per heavy atom. The average molecular weight is 364 g/mol. The van der Waals surface area contributed by atoms with E-state index in [0.29, 0.717) is 15.6 Å². The third-order valence-corrected chi connectivity index (χ3v) is 5.46. The topological polar surface area (TPSA) is 55.4 Å². The molecule has 1 aliphatic carbocycles. The average Bonchev–Trinajstić information content (AvgIpc) is 2.99. The second-order valence-electron chi connectivity index (χ2n) is 5.87. The minimum absolute atomic E-state index is 0.328. The van der Waals surface area contributed by atoms with Crippen molar-refractivity contribution in [2.75, 3.05) is 11.9 Å². The van der Waals surface area contributed by atoms with Gasteiger partial charge in [0.15, 0.2) is 6.61 Å². The predicted molar refractivity (Wildman–Crippen MR) is 96.1 cm³/mol. The van der Waals surface area contributed by atoms with Crippen LogP contribution in [0.15, 0.2) is 24.3 Å². The molecule has 0 unspecified atom stereocenters. The number of benzene rings is 1. The Balaban J connectivity index is 1.55. The summed E-state index contributed by atoms with van der Waals surface area (Å²) < 4.78 is 5.12. The highest BCUT2D eigenvalue weighted by Gasteiger charge is 2.19. The summed E-state index contributed by atoms with van der Waals surface area (Å²) in [6, 6.07) is 7.24. The number of hydrogen-bond acceptors (Lipinski definition) is 4. The van der Waals surface area contributed by atoms with Gasteiger partial charge in [-0.25, -0.2) is 4.79 Å². The zero-order valence-electron chi connectivity index (χ0n) is 13.4. The molecule has 126 valence electrons. The highest BCUT2D eigenvalue weighted by atomic mass is 35.5. The lowest BCUT2D eigenvalue weighted by molar-refractivity contribution is -0.119. The molecule has 3 rings (SSSR count). The molecule has 0 spiro atoms. The van der Waals surface area contributed by atoms with Crippen LogP contribution in [-0.4, -0.2) is 18.5 Å². The van der Waals surface area contributed by atoms with Crippen LogP contribution in [0.2, 0.25) is 5.02 Å². The molecule has 1 aromatic carbocycles. The molecule has 6 heteroatoms. The van der Waals surface area contributed by atoms with Crippen molar-refractivity contribution in [1.29, 1.82) is 0 Å². The summed E-state index contributed by atoms with van der Waals surface area (Å²) in [7, 11) is 0. The number of fused-ring (bicyclic) bond motifs is 1. The largest absolute Gasteiger partial charge is 0.451 e. The lowest BCUT2D eigenvalue weighted by Crippen LogP contribution is -2.20. The van der Waals surface area contributed by atoms with Gasteiger partial charge in [-0.1, -0.05) is 17.7 Å². The highest BCUT2D eigenvalue weighted by Crippen LogP contribution is 2.30. The maximum atomic E-state index is 12.1. The number of thiophene rings is 1. The molecule has 4 nitrogen and oxygen atoms in total. The molecule has 0 aliphatic heterocycles. The van der Waals surface area contributed by atoms with Crippen molar-refractivity contribution < 1.29 is 14.3 Å². The number of esters is 1. The van der Waals surface area contributed by atoms with E-state index < -0.39 is 11.9 Å². The third kappa shape index (κ3) is 3.97. The summed E-state index contributed by atoms with van der Waals surface area (Å²) in [5, 5.41) is 3.11. The van der Waals surface area contributed by atoms with Gasteiger partial charge in [0.05, 0.1) is 10.7 Å². The van der Waals surface area contributed by atoms with Crippen LogP contribution in [0.5, 0.6) is 0 Å². The number of rotatable bonds is 4. The molecule has 1 heterocycles. The molecule has 0 bridgehead atoms. The molecule has 1 N–H and O–H groups in total. The molecular formula is C18H18ClNO3S. The van der Waals surface area contributed by atoms with Crippen molar-refractivity contribution in [1.82, 2.24) is 0 Å². The SMILES string of the molecule is Cc1ccc(NC(=O)COC(=O)c2cc3c(s2)CCCC3)c(Cl)c1. The first-order chi connectivity index (χ1) is 11.5. The van der Waals surface area contributed by atoms with E-state index >= 15 is 0 Å². The molecule has 1 aliphatic rings. The monoisotopic (exact) mass is 363 g/mol. The molecule has 0 atom stereocenters. The first-order valence-electron chi connectivity index (χ1n) is 7.87. The Kier molecular flexibility index (Phi) is 5.21. The molecule has 0 saturated carbocycles. The minimum Gasteiger partial charge on any atom is -0.451 e. The van der Waals surface area contributed by atoms with Gasteiger partial charge in [-0.05, 0) is 61.9 Å². The maximum Gasteiger partial charge on any atom is 0.348 e. The minimum atomic E-state index is -0.445. The van der Waals surface area contributed by atoms with E-state index in [1.807, 2.05) is 19.1 Å². The fourth-order valence-corrected chi connectivity index (χ4v) is 4.13. The van der Waals surface area contributed by atoms with Gasteiger partial charge in [-0.15, -0.1) is 11.3 Å². The molecule has 0 radical (unpaired) electrons. The van der Waals surface area contributed by atoms with Crippen LogP contribution in [0.4, 0.5) is 5.69 Å². The normalized spacial score (nSPS) is 13.2. The van der Waals surface area contributed by atoms with Crippen molar-refractivity contribution in [3.05, 3.63) is 50.2 Å². The van der Waals surface area contributed by atoms with Gasteiger partial charge in [-0.3, -0.25) is 4.79 Å². The Hall–Kier alpha value is -1.85. The van der Waals surface area contributed by atoms with Crippen molar-refractivity contribution in [3.63, 3.8) is 0 Å². The van der Waals surface area contributed by atoms with Gasteiger partial charge < -0.3 is 10.1 Å². The van der Waals surface area contributed by atoms with E-state index in [4.69, 9.17) is 16.3 Å². The zero-order chi connectivity index (χ0) is 17.1. The van der Waals surface area contributed by atoms with E-state index in [2.05, 4.69) is 5.32 Å². The van der Waals surface area contributed by atoms with Crippen LogP contribution in [0, 0.1) is 6.92 Å². The Bertz CT molecular complexity index is 761. The lowest BCUT2D eigenvalue weighted by Gasteiger charge is -2.08. The Morgan fingerprint density at radius 2 is 2.04 bits per heavy atom. The van der Waals surface area contributed by atoms with E-state index in [0.717, 1.165) is 24.8 Å². The Morgan fingerprint density at radius 1 is 1.25 bits per heavy atom. The van der Waals surface area contributed by atoms with Crippen LogP contribution in [0.25, 0.3) is 0 Å². The fraction of sp³-hybridized carbons (Fsp3) is 0.333. The van der Waals surface area contributed by atoms with E-state index in [-0.39, 0.29) is 6.61 Å². The van der Waals surface area contributed by atoms with Crippen molar-refractivity contribution in [2.45, 2.75) is 32.6 Å². The number of aryl methyl sites for hydroxylation is 3. The summed E-state index contributed by atoms with van der Waals surface area (Å²) in [5.41, 5.74) is 2.76. The van der Waals surface area contributed by atoms with Crippen LogP contribution < -0.4 is 5.32 Å². The molecule has 24 heavy (non-hydrogen) atoms. The highest BCUT2D eigenvalue weighted by molar-refractivity contribution is 7.14. The molecule has 0 saturated heterocycles. The third-order valence-electron chi connectivity index (χ3n) is 3.93. The van der Waals surface area contributed by atoms with E-state index in [9.17, 15) is 9.59 Å². The number of amides is 1. The second kappa shape index (κ2) is 7.36. The summed E-state index contributed by atoms with van der Waals surface area (Å²) >= 11 is 7.55. The summed E-state index contributed by atoms with van der Waals surface area (Å²) in [6.45, 7) is 1.59. The van der Waals surface area contributed by atoms with Crippen LogP contribution in [-0.2, 0) is 22.4 Å². The first-order valence-corrected chi connectivity index (χ1v) is 9.07. The number of hydrogen-bond donors (Lipinski definition) is 1. The van der Waals surface area contributed by atoms with Gasteiger partial charge in [0, 0.05) is 4.88 Å². The van der Waals surface area contributed by atoms with Gasteiger partial charge in [0.25, 0.3) is 5.91 Å². The quantitative estimate of drug-likeness (QED) is 0.820. The molecule has 0 fully saturated rings. The van der Waals surface area contributed by atoms with Crippen molar-refractivity contribution in [3.8, 4) is 0 Å². The second-order valence-corrected chi connectivity index (χ2v) is 7.42. The fourth-order valence-electron chi connectivity index (χ4n) is 2.70. The first kappa shape index (κ1) is 17.0. The summed E-state index contributed by atoms with van der Waals surface area (Å²) in [4.78, 5) is 25.9. The number of carbonyl (C=O) groups excluding carboxylic acids is 2. The standard InChI is InChI=1S/C18H18ClNO3S/c1-11-6-7-14(13(19)8-11)20-17(21)10-23-18(22)16-9-12-4-2-3-5-15(12)24-16/h6-9H,2-5,10H2,1H3,(H,20,21). The molecule has 1 aromatic heterocycles. The zero-order valence-corrected chi connectivity index (χ0v) is 14.9. The predicted octanol–water partition coefficient (Wildman–Crippen LogP) is 4.38. The molecular weight excluding hydrogens is 346 g/mol. The van der Waals surface area contributed by atoms with Crippen molar-refractivity contribution in [2.24, 2.45) is 0 Å². The Labute approximate surface area is 149 Å². The maximum absolute atomic E-state index is 12.1. The van der Waals surface area contributed by atoms with Crippen molar-refractivity contribution >= 4 is 40.5 Å². The number of ether oxygens (including phenoxy) is 1. The number of carbonyl (C=O) groups is 2. The number of halogens is 1. The smallest absolute Gasteiger partial charge is 0.348 e. The van der Waals surface area contributed by atoms with Gasteiger partial charge in [-0.2, -0.15) is 0 Å². The van der Waals surface area contributed by atoms with Crippen LogP contribution >= 0.6 is 22.9 Å². The van der Waals surface area contributed by atoms with Gasteiger partial charge in [0.1, 0.15) is 4.88 Å². The van der Waals surface area contributed by atoms with E-state index in [1.54, 1.807) is 12.1 Å².